The highest BCUT2D eigenvalue weighted by atomic mass is 16.5. The summed E-state index contributed by atoms with van der Waals surface area (Å²) in [6.07, 6.45) is 0.959. The molecule has 0 unspecified atom stereocenters. The molecule has 2 rings (SSSR count). The molecule has 0 aliphatic carbocycles. The molecule has 0 radical (unpaired) electrons. The van der Waals surface area contributed by atoms with Crippen molar-refractivity contribution in [2.75, 3.05) is 5.73 Å². The molecule has 0 aliphatic rings. The monoisotopic (exact) mass is 228 g/mol. The molecule has 1 aromatic carbocycles. The largest absolute Gasteiger partial charge is 0.487 e. The molecule has 0 amide bonds. The number of pyridine rings is 1. The fourth-order valence-electron chi connectivity index (χ4n) is 1.67. The van der Waals surface area contributed by atoms with Gasteiger partial charge < -0.3 is 10.5 Å². The number of nitrogens with zero attached hydrogens (tertiary/aromatic N) is 1. The third-order valence-corrected chi connectivity index (χ3v) is 2.56. The Morgan fingerprint density at radius 1 is 1.12 bits per heavy atom. The minimum atomic E-state index is 0.446. The molecule has 17 heavy (non-hydrogen) atoms. The summed E-state index contributed by atoms with van der Waals surface area (Å²) in [7, 11) is 0. The van der Waals surface area contributed by atoms with Crippen LogP contribution in [0.1, 0.15) is 18.2 Å². The standard InChI is InChI=1S/C14H16N2O/c1-2-11-6-3-4-8-13(11)17-10-12-7-5-9-14(15)16-12/h3-9H,2,10H2,1H3,(H2,15,16). The number of benzene rings is 1. The number of hydrogen-bond donors (Lipinski definition) is 1. The zero-order chi connectivity index (χ0) is 12.1. The van der Waals surface area contributed by atoms with Crippen LogP contribution in [-0.2, 0) is 13.0 Å². The first-order chi connectivity index (χ1) is 8.29. The first-order valence-electron chi connectivity index (χ1n) is 5.71. The quantitative estimate of drug-likeness (QED) is 0.875. The number of anilines is 1. The number of aromatic nitrogens is 1. The predicted molar refractivity (Wildman–Crippen MR) is 68.8 cm³/mol. The summed E-state index contributed by atoms with van der Waals surface area (Å²) in [4.78, 5) is 4.20. The van der Waals surface area contributed by atoms with E-state index in [1.54, 1.807) is 6.07 Å². The van der Waals surface area contributed by atoms with E-state index in [9.17, 15) is 0 Å². The second-order valence-electron chi connectivity index (χ2n) is 3.80. The lowest BCUT2D eigenvalue weighted by Crippen LogP contribution is -2.01. The van der Waals surface area contributed by atoms with Crippen LogP contribution in [0.25, 0.3) is 0 Å². The summed E-state index contributed by atoms with van der Waals surface area (Å²) in [6.45, 7) is 2.56. The van der Waals surface area contributed by atoms with Gasteiger partial charge in [0.05, 0.1) is 5.69 Å². The number of nitrogen functional groups attached to an aromatic ring is 1. The molecule has 3 heteroatoms. The highest BCUT2D eigenvalue weighted by Crippen LogP contribution is 2.19. The topological polar surface area (TPSA) is 48.1 Å². The molecular weight excluding hydrogens is 212 g/mol. The van der Waals surface area contributed by atoms with Crippen LogP contribution in [0.4, 0.5) is 5.82 Å². The van der Waals surface area contributed by atoms with Gasteiger partial charge in [0.25, 0.3) is 0 Å². The van der Waals surface area contributed by atoms with Gasteiger partial charge in [0, 0.05) is 0 Å². The lowest BCUT2D eigenvalue weighted by molar-refractivity contribution is 0.298. The third-order valence-electron chi connectivity index (χ3n) is 2.56. The van der Waals surface area contributed by atoms with E-state index in [4.69, 9.17) is 10.5 Å². The fraction of sp³-hybridized carbons (Fsp3) is 0.214. The van der Waals surface area contributed by atoms with Gasteiger partial charge in [0.2, 0.25) is 0 Å². The summed E-state index contributed by atoms with van der Waals surface area (Å²) in [5.74, 6) is 1.44. The van der Waals surface area contributed by atoms with Crippen LogP contribution in [-0.4, -0.2) is 4.98 Å². The molecule has 2 aromatic rings. The van der Waals surface area contributed by atoms with Crippen molar-refractivity contribution in [3.8, 4) is 5.75 Å². The Morgan fingerprint density at radius 2 is 1.94 bits per heavy atom. The average molecular weight is 228 g/mol. The molecule has 88 valence electrons. The lowest BCUT2D eigenvalue weighted by Gasteiger charge is -2.09. The Morgan fingerprint density at radius 3 is 2.71 bits per heavy atom. The second kappa shape index (κ2) is 5.34. The summed E-state index contributed by atoms with van der Waals surface area (Å²) < 4.78 is 5.75. The van der Waals surface area contributed by atoms with Crippen molar-refractivity contribution in [1.82, 2.24) is 4.98 Å². The average Bonchev–Trinajstić information content (AvgIpc) is 2.37. The molecule has 0 atom stereocenters. The molecule has 0 saturated heterocycles. The Hall–Kier alpha value is -2.03. The number of rotatable bonds is 4. The van der Waals surface area contributed by atoms with Gasteiger partial charge in [-0.25, -0.2) is 4.98 Å². The summed E-state index contributed by atoms with van der Waals surface area (Å²) in [5.41, 5.74) is 7.67. The maximum absolute atomic E-state index is 5.75. The van der Waals surface area contributed by atoms with E-state index in [1.165, 1.54) is 5.56 Å². The molecule has 1 heterocycles. The highest BCUT2D eigenvalue weighted by molar-refractivity contribution is 5.33. The molecule has 2 N–H and O–H groups in total. The molecule has 0 saturated carbocycles. The van der Waals surface area contributed by atoms with Gasteiger partial charge in [0.15, 0.2) is 0 Å². The predicted octanol–water partition coefficient (Wildman–Crippen LogP) is 2.81. The van der Waals surface area contributed by atoms with Gasteiger partial charge >= 0.3 is 0 Å². The van der Waals surface area contributed by atoms with Gasteiger partial charge in [-0.2, -0.15) is 0 Å². The molecule has 1 aromatic heterocycles. The molecular formula is C14H16N2O. The van der Waals surface area contributed by atoms with E-state index in [2.05, 4.69) is 18.0 Å². The molecule has 0 aliphatic heterocycles. The van der Waals surface area contributed by atoms with Crippen LogP contribution < -0.4 is 10.5 Å². The van der Waals surface area contributed by atoms with Gasteiger partial charge in [-0.3, -0.25) is 0 Å². The smallest absolute Gasteiger partial charge is 0.130 e. The maximum atomic E-state index is 5.75. The van der Waals surface area contributed by atoms with Crippen molar-refractivity contribution in [1.29, 1.82) is 0 Å². The van der Waals surface area contributed by atoms with E-state index < -0.39 is 0 Å². The lowest BCUT2D eigenvalue weighted by atomic mass is 10.1. The van der Waals surface area contributed by atoms with E-state index in [-0.39, 0.29) is 0 Å². The zero-order valence-electron chi connectivity index (χ0n) is 9.89. The van der Waals surface area contributed by atoms with Crippen molar-refractivity contribution in [2.24, 2.45) is 0 Å². The van der Waals surface area contributed by atoms with Crippen LogP contribution >= 0.6 is 0 Å². The van der Waals surface area contributed by atoms with E-state index in [1.807, 2.05) is 30.3 Å². The second-order valence-corrected chi connectivity index (χ2v) is 3.80. The number of nitrogens with two attached hydrogens (primary N) is 1. The molecule has 3 nitrogen and oxygen atoms in total. The van der Waals surface area contributed by atoms with Gasteiger partial charge in [-0.05, 0) is 30.2 Å². The summed E-state index contributed by atoms with van der Waals surface area (Å²) in [5, 5.41) is 0. The van der Waals surface area contributed by atoms with Crippen LogP contribution in [0.5, 0.6) is 5.75 Å². The fourth-order valence-corrected chi connectivity index (χ4v) is 1.67. The number of aryl methyl sites for hydroxylation is 1. The molecule has 0 bridgehead atoms. The van der Waals surface area contributed by atoms with Crippen molar-refractivity contribution in [3.63, 3.8) is 0 Å². The van der Waals surface area contributed by atoms with E-state index >= 15 is 0 Å². The van der Waals surface area contributed by atoms with Gasteiger partial charge in [-0.1, -0.05) is 31.2 Å². The van der Waals surface area contributed by atoms with Crippen molar-refractivity contribution in [3.05, 3.63) is 53.7 Å². The van der Waals surface area contributed by atoms with Crippen LogP contribution in [0.3, 0.4) is 0 Å². The Kier molecular flexibility index (Phi) is 3.60. The number of hydrogen-bond acceptors (Lipinski definition) is 3. The first kappa shape index (κ1) is 11.5. The van der Waals surface area contributed by atoms with Crippen LogP contribution in [0, 0.1) is 0 Å². The zero-order valence-corrected chi connectivity index (χ0v) is 9.89. The summed E-state index contributed by atoms with van der Waals surface area (Å²) >= 11 is 0. The SMILES string of the molecule is CCc1ccccc1OCc1cccc(N)n1. The van der Waals surface area contributed by atoms with Crippen molar-refractivity contribution >= 4 is 5.82 Å². The number of para-hydroxylation sites is 1. The Bertz CT molecular complexity index is 497. The first-order valence-corrected chi connectivity index (χ1v) is 5.71. The number of ether oxygens (including phenoxy) is 1. The third kappa shape index (κ3) is 2.97. The van der Waals surface area contributed by atoms with Crippen molar-refractivity contribution in [2.45, 2.75) is 20.0 Å². The highest BCUT2D eigenvalue weighted by Gasteiger charge is 2.02. The van der Waals surface area contributed by atoms with Crippen LogP contribution in [0.2, 0.25) is 0 Å². The van der Waals surface area contributed by atoms with Crippen LogP contribution in [0.15, 0.2) is 42.5 Å². The molecule has 0 spiro atoms. The van der Waals surface area contributed by atoms with Gasteiger partial charge in [-0.15, -0.1) is 0 Å². The summed E-state index contributed by atoms with van der Waals surface area (Å²) in [6, 6.07) is 13.6. The van der Waals surface area contributed by atoms with Gasteiger partial charge in [0.1, 0.15) is 18.2 Å². The van der Waals surface area contributed by atoms with E-state index in [0.29, 0.717) is 12.4 Å². The van der Waals surface area contributed by atoms with E-state index in [0.717, 1.165) is 17.9 Å². The normalized spacial score (nSPS) is 10.2. The van der Waals surface area contributed by atoms with Crippen molar-refractivity contribution < 1.29 is 4.74 Å². The Balaban J connectivity index is 2.07. The molecule has 0 fully saturated rings. The minimum absolute atomic E-state index is 0.446. The Labute approximate surface area is 101 Å². The minimum Gasteiger partial charge on any atom is -0.487 e. The maximum Gasteiger partial charge on any atom is 0.130 e.